The van der Waals surface area contributed by atoms with Gasteiger partial charge in [0.25, 0.3) is 5.91 Å². The summed E-state index contributed by atoms with van der Waals surface area (Å²) in [5, 5.41) is 15.6. The highest BCUT2D eigenvalue weighted by atomic mass is 35.5. The van der Waals surface area contributed by atoms with Gasteiger partial charge in [0.05, 0.1) is 17.8 Å². The summed E-state index contributed by atoms with van der Waals surface area (Å²) in [6, 6.07) is 16.1. The van der Waals surface area contributed by atoms with E-state index in [9.17, 15) is 9.59 Å². The number of rotatable bonds is 9. The van der Waals surface area contributed by atoms with E-state index in [0.29, 0.717) is 28.1 Å². The van der Waals surface area contributed by atoms with Crippen LogP contribution >= 0.6 is 23.4 Å². The van der Waals surface area contributed by atoms with E-state index in [1.807, 2.05) is 55.7 Å². The van der Waals surface area contributed by atoms with Crippen molar-refractivity contribution >= 4 is 35.2 Å². The van der Waals surface area contributed by atoms with Gasteiger partial charge in [-0.3, -0.25) is 9.59 Å². The van der Waals surface area contributed by atoms with Gasteiger partial charge in [-0.05, 0) is 50.6 Å². The maximum Gasteiger partial charge on any atom is 0.251 e. The largest absolute Gasteiger partial charge is 0.349 e. The first-order valence-electron chi connectivity index (χ1n) is 10.4. The van der Waals surface area contributed by atoms with Crippen LogP contribution in [0.2, 0.25) is 5.02 Å². The highest BCUT2D eigenvalue weighted by Crippen LogP contribution is 2.21. The van der Waals surface area contributed by atoms with Gasteiger partial charge >= 0.3 is 0 Å². The molecule has 0 fully saturated rings. The molecule has 1 aromatic heterocycles. The number of nitrogens with one attached hydrogen (secondary N) is 2. The van der Waals surface area contributed by atoms with Crippen molar-refractivity contribution in [3.05, 3.63) is 76.6 Å². The maximum atomic E-state index is 12.5. The van der Waals surface area contributed by atoms with Crippen LogP contribution in [0.3, 0.4) is 0 Å². The Bertz CT molecular complexity index is 1060. The van der Waals surface area contributed by atoms with Crippen molar-refractivity contribution in [3.8, 4) is 0 Å². The highest BCUT2D eigenvalue weighted by Gasteiger charge is 2.20. The number of carbonyl (C=O) groups excluding carboxylic acids is 2. The quantitative estimate of drug-likeness (QED) is 0.451. The number of hydrogen-bond acceptors (Lipinski definition) is 5. The van der Waals surface area contributed by atoms with Crippen molar-refractivity contribution in [1.29, 1.82) is 0 Å². The third-order valence-electron chi connectivity index (χ3n) is 4.91. The van der Waals surface area contributed by atoms with E-state index in [1.54, 1.807) is 24.3 Å². The zero-order valence-electron chi connectivity index (χ0n) is 18.2. The topological polar surface area (TPSA) is 88.9 Å². The molecule has 168 valence electrons. The van der Waals surface area contributed by atoms with Crippen molar-refractivity contribution in [1.82, 2.24) is 25.4 Å². The van der Waals surface area contributed by atoms with E-state index < -0.39 is 0 Å². The predicted octanol–water partition coefficient (Wildman–Crippen LogP) is 4.41. The first-order chi connectivity index (χ1) is 15.4. The molecule has 2 amide bonds. The Hall–Kier alpha value is -2.84. The monoisotopic (exact) mass is 471 g/mol. The predicted molar refractivity (Wildman–Crippen MR) is 127 cm³/mol. The van der Waals surface area contributed by atoms with E-state index in [4.69, 9.17) is 11.6 Å². The summed E-state index contributed by atoms with van der Waals surface area (Å²) in [4.78, 5) is 24.9. The Kier molecular flexibility index (Phi) is 8.30. The third kappa shape index (κ3) is 6.11. The van der Waals surface area contributed by atoms with Gasteiger partial charge in [-0.15, -0.1) is 10.2 Å². The zero-order chi connectivity index (χ0) is 23.1. The van der Waals surface area contributed by atoms with Gasteiger partial charge < -0.3 is 15.2 Å². The summed E-state index contributed by atoms with van der Waals surface area (Å²) in [6.45, 7) is 6.40. The number of benzene rings is 2. The van der Waals surface area contributed by atoms with E-state index in [-0.39, 0.29) is 29.7 Å². The molecule has 0 saturated carbocycles. The number of nitrogens with zero attached hydrogens (tertiary/aromatic N) is 3. The van der Waals surface area contributed by atoms with Crippen LogP contribution in [-0.2, 0) is 11.3 Å². The molecule has 3 aromatic rings. The van der Waals surface area contributed by atoms with E-state index in [0.717, 1.165) is 5.56 Å². The Balaban J connectivity index is 1.59. The summed E-state index contributed by atoms with van der Waals surface area (Å²) in [7, 11) is 0. The molecule has 2 aromatic carbocycles. The lowest BCUT2D eigenvalue weighted by Gasteiger charge is -2.16. The first-order valence-corrected chi connectivity index (χ1v) is 11.7. The fraction of sp³-hybridized carbons (Fsp3) is 0.304. The Morgan fingerprint density at radius 1 is 1.00 bits per heavy atom. The van der Waals surface area contributed by atoms with Crippen molar-refractivity contribution < 1.29 is 9.59 Å². The van der Waals surface area contributed by atoms with Crippen molar-refractivity contribution in [2.24, 2.45) is 0 Å². The molecular weight excluding hydrogens is 446 g/mol. The minimum Gasteiger partial charge on any atom is -0.349 e. The van der Waals surface area contributed by atoms with Crippen molar-refractivity contribution in [2.45, 2.75) is 44.6 Å². The van der Waals surface area contributed by atoms with Crippen LogP contribution in [0, 0.1) is 0 Å². The van der Waals surface area contributed by atoms with Crippen LogP contribution in [-0.4, -0.2) is 32.3 Å². The van der Waals surface area contributed by atoms with Gasteiger partial charge in [0, 0.05) is 17.1 Å². The summed E-state index contributed by atoms with van der Waals surface area (Å²) in [6.07, 6.45) is 0. The molecule has 0 radical (unpaired) electrons. The number of amides is 2. The number of halogens is 1. The Morgan fingerprint density at radius 3 is 2.34 bits per heavy atom. The second-order valence-electron chi connectivity index (χ2n) is 7.28. The molecule has 9 heteroatoms. The molecule has 0 aliphatic rings. The fourth-order valence-electron chi connectivity index (χ4n) is 3.21. The molecule has 0 aliphatic heterocycles. The van der Waals surface area contributed by atoms with E-state index in [2.05, 4.69) is 20.8 Å². The van der Waals surface area contributed by atoms with Crippen LogP contribution in [0.25, 0.3) is 0 Å². The lowest BCUT2D eigenvalue weighted by Crippen LogP contribution is -2.29. The smallest absolute Gasteiger partial charge is 0.251 e. The van der Waals surface area contributed by atoms with E-state index >= 15 is 0 Å². The number of aromatic nitrogens is 3. The Labute approximate surface area is 197 Å². The molecule has 2 N–H and O–H groups in total. The first kappa shape index (κ1) is 23.8. The number of carbonyl (C=O) groups is 2. The summed E-state index contributed by atoms with van der Waals surface area (Å²) >= 11 is 7.21. The maximum absolute atomic E-state index is 12.5. The average molecular weight is 472 g/mol. The number of thioether (sulfide) groups is 1. The van der Waals surface area contributed by atoms with Crippen LogP contribution in [0.4, 0.5) is 0 Å². The van der Waals surface area contributed by atoms with E-state index in [1.165, 1.54) is 11.8 Å². The van der Waals surface area contributed by atoms with Crippen LogP contribution < -0.4 is 10.6 Å². The summed E-state index contributed by atoms with van der Waals surface area (Å²) in [5.41, 5.74) is 1.57. The molecule has 7 nitrogen and oxygen atoms in total. The second-order valence-corrected chi connectivity index (χ2v) is 8.65. The van der Waals surface area contributed by atoms with Crippen molar-refractivity contribution in [2.75, 3.05) is 5.75 Å². The van der Waals surface area contributed by atoms with Gasteiger partial charge in [-0.25, -0.2) is 0 Å². The van der Waals surface area contributed by atoms with Crippen LogP contribution in [0.15, 0.2) is 59.8 Å². The molecule has 32 heavy (non-hydrogen) atoms. The molecule has 1 heterocycles. The molecule has 0 spiro atoms. The molecule has 0 aliphatic carbocycles. The molecular formula is C23H26ClN5O2S. The molecule has 3 rings (SSSR count). The highest BCUT2D eigenvalue weighted by molar-refractivity contribution is 7.99. The van der Waals surface area contributed by atoms with Crippen LogP contribution in [0.1, 0.15) is 54.6 Å². The summed E-state index contributed by atoms with van der Waals surface area (Å²) < 4.78 is 1.91. The lowest BCUT2D eigenvalue weighted by molar-refractivity contribution is -0.119. The van der Waals surface area contributed by atoms with Gasteiger partial charge in [0.2, 0.25) is 5.91 Å². The van der Waals surface area contributed by atoms with Crippen LogP contribution in [0.5, 0.6) is 0 Å². The van der Waals surface area contributed by atoms with Gasteiger partial charge in [0.15, 0.2) is 11.0 Å². The Morgan fingerprint density at radius 2 is 1.69 bits per heavy atom. The van der Waals surface area contributed by atoms with Gasteiger partial charge in [0.1, 0.15) is 0 Å². The normalized spacial score (nSPS) is 12.8. The van der Waals surface area contributed by atoms with Gasteiger partial charge in [-0.2, -0.15) is 0 Å². The van der Waals surface area contributed by atoms with Gasteiger partial charge in [-0.1, -0.05) is 53.7 Å². The average Bonchev–Trinajstić information content (AvgIpc) is 3.21. The minimum absolute atomic E-state index is 0.0768. The standard InChI is InChI=1S/C23H26ClN5O2S/c1-4-29-21(16(3)26-22(31)18-10-12-19(24)13-11-18)27-28-23(29)32-14-20(30)25-15(2)17-8-6-5-7-9-17/h5-13,15-16H,4,14H2,1-3H3,(H,25,30)(H,26,31)/t15-,16-/m0/s1. The molecule has 2 atom stereocenters. The molecule has 0 saturated heterocycles. The third-order valence-corrected chi connectivity index (χ3v) is 6.13. The SMILES string of the molecule is CCn1c(SCC(=O)N[C@@H](C)c2ccccc2)nnc1[C@H](C)NC(=O)c1ccc(Cl)cc1. The molecule has 0 bridgehead atoms. The van der Waals surface area contributed by atoms with Crippen molar-refractivity contribution in [3.63, 3.8) is 0 Å². The minimum atomic E-state index is -0.355. The second kappa shape index (κ2) is 11.2. The summed E-state index contributed by atoms with van der Waals surface area (Å²) in [5.74, 6) is 0.558. The fourth-order valence-corrected chi connectivity index (χ4v) is 4.15. The zero-order valence-corrected chi connectivity index (χ0v) is 19.8. The molecule has 0 unspecified atom stereocenters. The lowest BCUT2D eigenvalue weighted by atomic mass is 10.1. The number of hydrogen-bond donors (Lipinski definition) is 2.